The summed E-state index contributed by atoms with van der Waals surface area (Å²) >= 11 is 0. The smallest absolute Gasteiger partial charge is 0.261 e. The van der Waals surface area contributed by atoms with Crippen LogP contribution in [0.15, 0.2) is 48.5 Å². The first-order valence-corrected chi connectivity index (χ1v) is 8.88. The van der Waals surface area contributed by atoms with Gasteiger partial charge in [0.05, 0.1) is 14.2 Å². The van der Waals surface area contributed by atoms with Crippen LogP contribution < -0.4 is 19.5 Å². The number of benzene rings is 2. The number of para-hydroxylation sites is 2. The van der Waals surface area contributed by atoms with Crippen molar-refractivity contribution in [3.05, 3.63) is 54.1 Å². The highest BCUT2D eigenvalue weighted by Crippen LogP contribution is 2.27. The Labute approximate surface area is 155 Å². The quantitative estimate of drug-likeness (QED) is 0.660. The van der Waals surface area contributed by atoms with Crippen LogP contribution in [0.3, 0.4) is 0 Å². The molecule has 0 unspecified atom stereocenters. The van der Waals surface area contributed by atoms with Gasteiger partial charge in [0.15, 0.2) is 17.6 Å². The number of hydrogen-bond donors (Lipinski definition) is 1. The fraction of sp³-hybridized carbons (Fsp3) is 0.381. The third kappa shape index (κ3) is 5.69. The van der Waals surface area contributed by atoms with Crippen LogP contribution in [0.25, 0.3) is 0 Å². The molecular weight excluding hydrogens is 330 g/mol. The number of methoxy groups -OCH3 is 2. The van der Waals surface area contributed by atoms with Gasteiger partial charge in [0.25, 0.3) is 5.91 Å². The highest BCUT2D eigenvalue weighted by atomic mass is 16.5. The van der Waals surface area contributed by atoms with Gasteiger partial charge in [-0.1, -0.05) is 31.2 Å². The molecule has 0 aliphatic rings. The zero-order valence-electron chi connectivity index (χ0n) is 15.7. The number of nitrogens with one attached hydrogen (secondary N) is 1. The molecule has 5 nitrogen and oxygen atoms in total. The second kappa shape index (κ2) is 10.3. The number of aryl methyl sites for hydroxylation is 1. The van der Waals surface area contributed by atoms with Crippen LogP contribution in [0.5, 0.6) is 17.2 Å². The summed E-state index contributed by atoms with van der Waals surface area (Å²) in [7, 11) is 3.24. The standard InChI is InChI=1S/C21H27NO4/c1-4-18(26-20-13-6-5-12-19(20)25-3)21(23)22-14-8-10-16-9-7-11-17(15-16)24-2/h5-7,9,11-13,15,18H,4,8,10,14H2,1-3H3,(H,22,23)/t18-/m1/s1. The van der Waals surface area contributed by atoms with Crippen LogP contribution in [0.1, 0.15) is 25.3 Å². The molecule has 0 aromatic heterocycles. The van der Waals surface area contributed by atoms with Gasteiger partial charge >= 0.3 is 0 Å². The molecule has 5 heteroatoms. The molecule has 2 rings (SSSR count). The summed E-state index contributed by atoms with van der Waals surface area (Å²) in [5, 5.41) is 2.95. The molecule has 0 fully saturated rings. The van der Waals surface area contributed by atoms with Crippen LogP contribution in [0.2, 0.25) is 0 Å². The van der Waals surface area contributed by atoms with E-state index >= 15 is 0 Å². The average Bonchev–Trinajstić information content (AvgIpc) is 2.69. The minimum absolute atomic E-state index is 0.107. The maximum absolute atomic E-state index is 12.4. The molecule has 0 bridgehead atoms. The Kier molecular flexibility index (Phi) is 7.80. The van der Waals surface area contributed by atoms with Gasteiger partial charge in [0.1, 0.15) is 5.75 Å². The van der Waals surface area contributed by atoms with E-state index in [4.69, 9.17) is 14.2 Å². The van der Waals surface area contributed by atoms with Crippen molar-refractivity contribution < 1.29 is 19.0 Å². The Bertz CT molecular complexity index is 702. The molecule has 0 radical (unpaired) electrons. The largest absolute Gasteiger partial charge is 0.497 e. The SMILES string of the molecule is CC[C@@H](Oc1ccccc1OC)C(=O)NCCCc1cccc(OC)c1. The Hall–Kier alpha value is -2.69. The molecule has 1 atom stereocenters. The Morgan fingerprint density at radius 3 is 2.50 bits per heavy atom. The van der Waals surface area contributed by atoms with E-state index in [-0.39, 0.29) is 5.91 Å². The summed E-state index contributed by atoms with van der Waals surface area (Å²) < 4.78 is 16.3. The second-order valence-corrected chi connectivity index (χ2v) is 5.91. The van der Waals surface area contributed by atoms with Crippen molar-refractivity contribution in [3.63, 3.8) is 0 Å². The number of amides is 1. The van der Waals surface area contributed by atoms with E-state index in [2.05, 4.69) is 11.4 Å². The molecule has 2 aromatic rings. The van der Waals surface area contributed by atoms with Crippen molar-refractivity contribution in [1.82, 2.24) is 5.32 Å². The first kappa shape index (κ1) is 19.6. The first-order valence-electron chi connectivity index (χ1n) is 8.88. The topological polar surface area (TPSA) is 56.8 Å². The number of carbonyl (C=O) groups is 1. The van der Waals surface area contributed by atoms with Gasteiger partial charge in [0, 0.05) is 6.54 Å². The Morgan fingerprint density at radius 2 is 1.81 bits per heavy atom. The highest BCUT2D eigenvalue weighted by molar-refractivity contribution is 5.81. The molecule has 0 heterocycles. The second-order valence-electron chi connectivity index (χ2n) is 5.91. The number of hydrogen-bond acceptors (Lipinski definition) is 4. The molecule has 0 saturated carbocycles. The van der Waals surface area contributed by atoms with Crippen LogP contribution in [0.4, 0.5) is 0 Å². The summed E-state index contributed by atoms with van der Waals surface area (Å²) in [4.78, 5) is 12.4. The molecule has 2 aromatic carbocycles. The van der Waals surface area contributed by atoms with Crippen molar-refractivity contribution in [2.75, 3.05) is 20.8 Å². The maximum atomic E-state index is 12.4. The molecule has 140 valence electrons. The van der Waals surface area contributed by atoms with E-state index in [1.54, 1.807) is 20.3 Å². The lowest BCUT2D eigenvalue weighted by Gasteiger charge is -2.18. The summed E-state index contributed by atoms with van der Waals surface area (Å²) in [5.74, 6) is 1.94. The number of carbonyl (C=O) groups excluding carboxylic acids is 1. The summed E-state index contributed by atoms with van der Waals surface area (Å²) in [6, 6.07) is 15.3. The van der Waals surface area contributed by atoms with Gasteiger partial charge < -0.3 is 19.5 Å². The lowest BCUT2D eigenvalue weighted by atomic mass is 10.1. The van der Waals surface area contributed by atoms with Crippen molar-refractivity contribution in [3.8, 4) is 17.2 Å². The monoisotopic (exact) mass is 357 g/mol. The molecule has 0 spiro atoms. The van der Waals surface area contributed by atoms with E-state index in [9.17, 15) is 4.79 Å². The van der Waals surface area contributed by atoms with E-state index in [1.807, 2.05) is 43.3 Å². The van der Waals surface area contributed by atoms with Crippen LogP contribution in [0, 0.1) is 0 Å². The van der Waals surface area contributed by atoms with Gasteiger partial charge in [-0.05, 0) is 49.1 Å². The molecule has 0 aliphatic heterocycles. The van der Waals surface area contributed by atoms with Gasteiger partial charge in [0.2, 0.25) is 0 Å². The van der Waals surface area contributed by atoms with Crippen LogP contribution in [-0.4, -0.2) is 32.8 Å². The minimum atomic E-state index is -0.539. The summed E-state index contributed by atoms with van der Waals surface area (Å²) in [6.45, 7) is 2.53. The maximum Gasteiger partial charge on any atom is 0.261 e. The highest BCUT2D eigenvalue weighted by Gasteiger charge is 2.19. The number of rotatable bonds is 10. The van der Waals surface area contributed by atoms with E-state index in [0.717, 1.165) is 18.6 Å². The van der Waals surface area contributed by atoms with Crippen LogP contribution >= 0.6 is 0 Å². The summed E-state index contributed by atoms with van der Waals surface area (Å²) in [6.07, 6.45) is 1.77. The van der Waals surface area contributed by atoms with Crippen LogP contribution in [-0.2, 0) is 11.2 Å². The molecule has 26 heavy (non-hydrogen) atoms. The van der Waals surface area contributed by atoms with Crippen molar-refractivity contribution in [1.29, 1.82) is 0 Å². The first-order chi connectivity index (χ1) is 12.7. The predicted octanol–water partition coefficient (Wildman–Crippen LogP) is 3.61. The zero-order valence-corrected chi connectivity index (χ0v) is 15.7. The molecule has 1 amide bonds. The average molecular weight is 357 g/mol. The molecule has 1 N–H and O–H groups in total. The van der Waals surface area contributed by atoms with Gasteiger partial charge in [-0.25, -0.2) is 0 Å². The lowest BCUT2D eigenvalue weighted by Crippen LogP contribution is -2.38. The number of ether oxygens (including phenoxy) is 3. The third-order valence-corrected chi connectivity index (χ3v) is 4.08. The minimum Gasteiger partial charge on any atom is -0.497 e. The molecule has 0 aliphatic carbocycles. The lowest BCUT2D eigenvalue weighted by molar-refractivity contribution is -0.128. The normalized spacial score (nSPS) is 11.5. The zero-order chi connectivity index (χ0) is 18.8. The van der Waals surface area contributed by atoms with Gasteiger partial charge in [-0.2, -0.15) is 0 Å². The Morgan fingerprint density at radius 1 is 1.04 bits per heavy atom. The Balaban J connectivity index is 1.81. The third-order valence-electron chi connectivity index (χ3n) is 4.08. The van der Waals surface area contributed by atoms with Crippen molar-refractivity contribution >= 4 is 5.91 Å². The van der Waals surface area contributed by atoms with E-state index < -0.39 is 6.10 Å². The molecule has 0 saturated heterocycles. The van der Waals surface area contributed by atoms with E-state index in [0.29, 0.717) is 24.5 Å². The summed E-state index contributed by atoms with van der Waals surface area (Å²) in [5.41, 5.74) is 1.19. The molecular formula is C21H27NO4. The van der Waals surface area contributed by atoms with E-state index in [1.165, 1.54) is 5.56 Å². The van der Waals surface area contributed by atoms with Crippen molar-refractivity contribution in [2.45, 2.75) is 32.3 Å². The fourth-order valence-electron chi connectivity index (χ4n) is 2.64. The predicted molar refractivity (Wildman–Crippen MR) is 102 cm³/mol. The fourth-order valence-corrected chi connectivity index (χ4v) is 2.64. The van der Waals surface area contributed by atoms with Gasteiger partial charge in [-0.3, -0.25) is 4.79 Å². The van der Waals surface area contributed by atoms with Crippen molar-refractivity contribution in [2.24, 2.45) is 0 Å². The van der Waals surface area contributed by atoms with Gasteiger partial charge in [-0.15, -0.1) is 0 Å².